The molecule has 0 aromatic carbocycles. The maximum absolute atomic E-state index is 11.9. The van der Waals surface area contributed by atoms with Gasteiger partial charge in [-0.3, -0.25) is 4.90 Å². The van der Waals surface area contributed by atoms with E-state index in [0.717, 1.165) is 25.4 Å². The van der Waals surface area contributed by atoms with Crippen LogP contribution in [0, 0.1) is 12.3 Å². The molecule has 1 rings (SSSR count). The highest BCUT2D eigenvalue weighted by Crippen LogP contribution is 2.20. The van der Waals surface area contributed by atoms with Gasteiger partial charge in [-0.15, -0.1) is 6.42 Å². The van der Waals surface area contributed by atoms with Crippen LogP contribution in [0.5, 0.6) is 0 Å². The lowest BCUT2D eigenvalue weighted by Crippen LogP contribution is -2.49. The van der Waals surface area contributed by atoms with Crippen LogP contribution in [0.25, 0.3) is 0 Å². The Bertz CT molecular complexity index is 362. The lowest BCUT2D eigenvalue weighted by molar-refractivity contribution is 0.271. The first-order chi connectivity index (χ1) is 8.11. The summed E-state index contributed by atoms with van der Waals surface area (Å²) in [5.74, 6) is 4.41. The van der Waals surface area contributed by atoms with Gasteiger partial charge in [0.1, 0.15) is 5.37 Å². The molecule has 98 valence electrons. The zero-order chi connectivity index (χ0) is 12.7. The van der Waals surface area contributed by atoms with Crippen molar-refractivity contribution in [3.05, 3.63) is 0 Å². The third kappa shape index (κ3) is 4.51. The van der Waals surface area contributed by atoms with Crippen LogP contribution < -0.4 is 5.32 Å². The lowest BCUT2D eigenvalue weighted by Gasteiger charge is -2.34. The minimum atomic E-state index is -2.98. The fourth-order valence-corrected chi connectivity index (χ4v) is 4.89. The van der Waals surface area contributed by atoms with Crippen molar-refractivity contribution >= 4 is 21.6 Å². The molecule has 1 N–H and O–H groups in total. The Kier molecular flexibility index (Phi) is 6.34. The van der Waals surface area contributed by atoms with E-state index >= 15 is 0 Å². The van der Waals surface area contributed by atoms with Crippen LogP contribution in [-0.2, 0) is 9.84 Å². The minimum Gasteiger partial charge on any atom is -0.305 e. The number of sulfone groups is 1. The molecule has 0 spiro atoms. The van der Waals surface area contributed by atoms with Gasteiger partial charge in [0.25, 0.3) is 0 Å². The quantitative estimate of drug-likeness (QED) is 0.547. The van der Waals surface area contributed by atoms with Gasteiger partial charge in [-0.05, 0) is 0 Å². The summed E-state index contributed by atoms with van der Waals surface area (Å²) < 4.78 is 23.9. The Balaban J connectivity index is 2.52. The summed E-state index contributed by atoms with van der Waals surface area (Å²) in [6.45, 7) is 4.57. The van der Waals surface area contributed by atoms with Crippen molar-refractivity contribution in [2.45, 2.75) is 12.3 Å². The fourth-order valence-electron chi connectivity index (χ4n) is 1.78. The molecule has 0 amide bonds. The summed E-state index contributed by atoms with van der Waals surface area (Å²) in [6.07, 6.45) is 5.14. The van der Waals surface area contributed by atoms with E-state index in [1.54, 1.807) is 18.7 Å². The van der Waals surface area contributed by atoms with Crippen molar-refractivity contribution < 1.29 is 8.42 Å². The maximum atomic E-state index is 11.9. The average Bonchev–Trinajstić information content (AvgIpc) is 2.35. The van der Waals surface area contributed by atoms with Gasteiger partial charge >= 0.3 is 0 Å². The van der Waals surface area contributed by atoms with E-state index in [0.29, 0.717) is 12.3 Å². The number of terminal acetylenes is 1. The number of rotatable bonds is 6. The fraction of sp³-hybridized carbons (Fsp3) is 0.818. The molecule has 1 heterocycles. The topological polar surface area (TPSA) is 49.4 Å². The first kappa shape index (κ1) is 14.8. The molecule has 1 aliphatic heterocycles. The van der Waals surface area contributed by atoms with Gasteiger partial charge in [-0.2, -0.15) is 11.8 Å². The van der Waals surface area contributed by atoms with E-state index in [4.69, 9.17) is 6.42 Å². The van der Waals surface area contributed by atoms with Crippen molar-refractivity contribution in [2.75, 3.05) is 43.4 Å². The Labute approximate surface area is 108 Å². The molecule has 0 saturated carbocycles. The molecule has 4 nitrogen and oxygen atoms in total. The van der Waals surface area contributed by atoms with Crippen molar-refractivity contribution in [1.82, 2.24) is 10.2 Å². The van der Waals surface area contributed by atoms with Crippen molar-refractivity contribution in [3.63, 3.8) is 0 Å². The first-order valence-corrected chi connectivity index (χ1v) is 8.66. The third-order valence-corrected chi connectivity index (χ3v) is 6.14. The van der Waals surface area contributed by atoms with Crippen molar-refractivity contribution in [3.8, 4) is 12.3 Å². The summed E-state index contributed by atoms with van der Waals surface area (Å²) >= 11 is 1.72. The second kappa shape index (κ2) is 7.27. The number of hydrogen-bond donors (Lipinski definition) is 1. The molecule has 6 heteroatoms. The Hall–Kier alpha value is -0.220. The molecule has 0 aliphatic carbocycles. The third-order valence-electron chi connectivity index (χ3n) is 2.81. The zero-order valence-electron chi connectivity index (χ0n) is 10.2. The maximum Gasteiger partial charge on any atom is 0.166 e. The van der Waals surface area contributed by atoms with Crippen LogP contribution in [-0.4, -0.2) is 62.1 Å². The number of hydrogen-bond acceptors (Lipinski definition) is 5. The SMILES string of the molecule is C#CCNCCN1CCSCC1S(=O)(=O)CC. The highest BCUT2D eigenvalue weighted by atomic mass is 32.2. The predicted octanol–water partition coefficient (Wildman–Crippen LogP) is 0.0188. The molecule has 0 aromatic heterocycles. The molecule has 0 bridgehead atoms. The summed E-state index contributed by atoms with van der Waals surface area (Å²) in [5, 5.41) is 2.77. The first-order valence-electron chi connectivity index (χ1n) is 5.79. The second-order valence-corrected chi connectivity index (χ2v) is 7.50. The summed E-state index contributed by atoms with van der Waals surface area (Å²) in [6, 6.07) is 0. The average molecular weight is 276 g/mol. The van der Waals surface area contributed by atoms with Crippen LogP contribution >= 0.6 is 11.8 Å². The summed E-state index contributed by atoms with van der Waals surface area (Å²) in [7, 11) is -2.98. The van der Waals surface area contributed by atoms with Crippen LogP contribution in [0.3, 0.4) is 0 Å². The van der Waals surface area contributed by atoms with Gasteiger partial charge < -0.3 is 5.32 Å². The van der Waals surface area contributed by atoms with Gasteiger partial charge in [-0.25, -0.2) is 8.42 Å². The van der Waals surface area contributed by atoms with E-state index in [1.165, 1.54) is 0 Å². The molecule has 1 aliphatic rings. The molecule has 1 atom stereocenters. The van der Waals surface area contributed by atoms with Crippen LogP contribution in [0.4, 0.5) is 0 Å². The molecule has 1 fully saturated rings. The molecule has 17 heavy (non-hydrogen) atoms. The zero-order valence-corrected chi connectivity index (χ0v) is 11.8. The summed E-state index contributed by atoms with van der Waals surface area (Å²) in [4.78, 5) is 2.05. The number of nitrogens with zero attached hydrogens (tertiary/aromatic N) is 1. The van der Waals surface area contributed by atoms with E-state index in [-0.39, 0.29) is 11.1 Å². The summed E-state index contributed by atoms with van der Waals surface area (Å²) in [5.41, 5.74) is 0. The molecule has 0 radical (unpaired) electrons. The van der Waals surface area contributed by atoms with Gasteiger partial charge in [-0.1, -0.05) is 12.8 Å². The van der Waals surface area contributed by atoms with Crippen LogP contribution in [0.1, 0.15) is 6.92 Å². The van der Waals surface area contributed by atoms with Crippen molar-refractivity contribution in [1.29, 1.82) is 0 Å². The van der Waals surface area contributed by atoms with E-state index in [1.807, 2.05) is 0 Å². The largest absolute Gasteiger partial charge is 0.305 e. The predicted molar refractivity (Wildman–Crippen MR) is 73.8 cm³/mol. The molecule has 0 aromatic rings. The minimum absolute atomic E-state index is 0.215. The van der Waals surface area contributed by atoms with E-state index in [9.17, 15) is 8.42 Å². The smallest absolute Gasteiger partial charge is 0.166 e. The van der Waals surface area contributed by atoms with Gasteiger partial charge in [0.2, 0.25) is 0 Å². The number of nitrogens with one attached hydrogen (secondary N) is 1. The van der Waals surface area contributed by atoms with E-state index < -0.39 is 9.84 Å². The highest BCUT2D eigenvalue weighted by Gasteiger charge is 2.32. The Morgan fingerprint density at radius 2 is 2.35 bits per heavy atom. The van der Waals surface area contributed by atoms with E-state index in [2.05, 4.69) is 16.1 Å². The lowest BCUT2D eigenvalue weighted by atomic mass is 10.4. The Morgan fingerprint density at radius 3 is 3.00 bits per heavy atom. The Morgan fingerprint density at radius 1 is 1.59 bits per heavy atom. The molecular weight excluding hydrogens is 256 g/mol. The molecule has 1 unspecified atom stereocenters. The standard InChI is InChI=1S/C11H20N2O2S2/c1-3-5-12-6-7-13-8-9-16-10-11(13)17(14,15)4-2/h1,11-12H,4-10H2,2H3. The van der Waals surface area contributed by atoms with Crippen LogP contribution in [0.2, 0.25) is 0 Å². The normalized spacial score (nSPS) is 22.2. The van der Waals surface area contributed by atoms with Crippen molar-refractivity contribution in [2.24, 2.45) is 0 Å². The molecule has 1 saturated heterocycles. The number of thioether (sulfide) groups is 1. The highest BCUT2D eigenvalue weighted by molar-refractivity contribution is 8.01. The van der Waals surface area contributed by atoms with Gasteiger partial charge in [0.05, 0.1) is 6.54 Å². The monoisotopic (exact) mass is 276 g/mol. The van der Waals surface area contributed by atoms with Gasteiger partial charge in [0.15, 0.2) is 9.84 Å². The second-order valence-electron chi connectivity index (χ2n) is 3.90. The van der Waals surface area contributed by atoms with Crippen LogP contribution in [0.15, 0.2) is 0 Å². The van der Waals surface area contributed by atoms with Gasteiger partial charge in [0, 0.05) is 36.9 Å². The molecular formula is C11H20N2O2S2.